The van der Waals surface area contributed by atoms with Crippen LogP contribution in [-0.4, -0.2) is 23.1 Å². The quantitative estimate of drug-likeness (QED) is 0.711. The molecule has 0 aliphatic heterocycles. The van der Waals surface area contributed by atoms with Gasteiger partial charge >= 0.3 is 12.0 Å². The zero-order valence-electron chi connectivity index (χ0n) is 9.72. The Kier molecular flexibility index (Phi) is 3.62. The summed E-state index contributed by atoms with van der Waals surface area (Å²) in [5.41, 5.74) is 1.45. The number of carbonyl (C=O) groups excluding carboxylic acids is 1. The second-order valence-corrected chi connectivity index (χ2v) is 4.17. The number of aliphatic carboxylic acids is 1. The number of nitrogens with one attached hydrogen (secondary N) is 2. The molecule has 0 spiro atoms. The zero-order chi connectivity index (χ0) is 13.0. The van der Waals surface area contributed by atoms with E-state index in [1.807, 2.05) is 0 Å². The number of hydrogen-bond acceptors (Lipinski definition) is 2. The fourth-order valence-corrected chi connectivity index (χ4v) is 1.43. The molecular weight excluding hydrogens is 232 g/mol. The van der Waals surface area contributed by atoms with Crippen molar-refractivity contribution in [3.8, 4) is 0 Å². The highest BCUT2D eigenvalue weighted by molar-refractivity contribution is 5.90. The molecule has 0 radical (unpaired) electrons. The van der Waals surface area contributed by atoms with E-state index in [9.17, 15) is 9.59 Å². The van der Waals surface area contributed by atoms with Crippen LogP contribution >= 0.6 is 0 Å². The molecule has 0 bridgehead atoms. The molecule has 1 aromatic carbocycles. The summed E-state index contributed by atoms with van der Waals surface area (Å²) in [5.74, 6) is -0.985. The number of hydrogen-bond donors (Lipinski definition) is 3. The third-order valence-corrected chi connectivity index (χ3v) is 2.50. The Hall–Kier alpha value is -2.30. The predicted octanol–water partition coefficient (Wildman–Crippen LogP) is 2.07. The van der Waals surface area contributed by atoms with Crippen molar-refractivity contribution in [2.45, 2.75) is 18.9 Å². The van der Waals surface area contributed by atoms with E-state index in [-0.39, 0.29) is 6.03 Å². The van der Waals surface area contributed by atoms with Crippen molar-refractivity contribution in [2.75, 3.05) is 5.32 Å². The summed E-state index contributed by atoms with van der Waals surface area (Å²) in [6.07, 6.45) is 4.66. The van der Waals surface area contributed by atoms with Crippen molar-refractivity contribution >= 4 is 23.8 Å². The van der Waals surface area contributed by atoms with Crippen molar-refractivity contribution in [1.82, 2.24) is 5.32 Å². The molecular formula is C13H14N2O3. The molecule has 0 heterocycles. The van der Waals surface area contributed by atoms with Crippen molar-refractivity contribution in [3.63, 3.8) is 0 Å². The predicted molar refractivity (Wildman–Crippen MR) is 68.3 cm³/mol. The lowest BCUT2D eigenvalue weighted by Gasteiger charge is -2.06. The van der Waals surface area contributed by atoms with Gasteiger partial charge < -0.3 is 15.7 Å². The summed E-state index contributed by atoms with van der Waals surface area (Å²) in [5, 5.41) is 14.0. The van der Waals surface area contributed by atoms with Gasteiger partial charge in [-0.05, 0) is 36.6 Å². The maximum absolute atomic E-state index is 11.4. The number of carboxylic acid groups (broad SMARTS) is 1. The number of benzene rings is 1. The van der Waals surface area contributed by atoms with Crippen LogP contribution in [0.2, 0.25) is 0 Å². The van der Waals surface area contributed by atoms with Gasteiger partial charge in [0.15, 0.2) is 0 Å². The first kappa shape index (κ1) is 12.2. The Morgan fingerprint density at radius 1 is 1.22 bits per heavy atom. The van der Waals surface area contributed by atoms with Crippen molar-refractivity contribution in [2.24, 2.45) is 0 Å². The largest absolute Gasteiger partial charge is 0.478 e. The van der Waals surface area contributed by atoms with Gasteiger partial charge in [-0.15, -0.1) is 0 Å². The summed E-state index contributed by atoms with van der Waals surface area (Å²) in [6.45, 7) is 0. The minimum atomic E-state index is -0.985. The number of carboxylic acids is 1. The lowest BCUT2D eigenvalue weighted by Crippen LogP contribution is -2.30. The molecule has 2 rings (SSSR count). The van der Waals surface area contributed by atoms with Crippen molar-refractivity contribution in [1.29, 1.82) is 0 Å². The summed E-state index contributed by atoms with van der Waals surface area (Å²) in [7, 11) is 0. The van der Waals surface area contributed by atoms with Crippen LogP contribution in [0, 0.1) is 0 Å². The molecule has 3 N–H and O–H groups in total. The number of urea groups is 1. The van der Waals surface area contributed by atoms with Crippen LogP contribution in [0.5, 0.6) is 0 Å². The lowest BCUT2D eigenvalue weighted by atomic mass is 10.2. The molecule has 5 nitrogen and oxygen atoms in total. The Labute approximate surface area is 105 Å². The molecule has 94 valence electrons. The van der Waals surface area contributed by atoms with Gasteiger partial charge in [-0.1, -0.05) is 12.1 Å². The summed E-state index contributed by atoms with van der Waals surface area (Å²) >= 11 is 0. The number of amides is 2. The minimum Gasteiger partial charge on any atom is -0.478 e. The van der Waals surface area contributed by atoms with Crippen LogP contribution in [0.1, 0.15) is 18.4 Å². The maximum Gasteiger partial charge on any atom is 0.328 e. The Morgan fingerprint density at radius 3 is 2.44 bits per heavy atom. The monoisotopic (exact) mass is 246 g/mol. The first-order valence-electron chi connectivity index (χ1n) is 5.72. The zero-order valence-corrected chi connectivity index (χ0v) is 9.72. The molecule has 0 unspecified atom stereocenters. The molecule has 2 amide bonds. The molecule has 0 atom stereocenters. The SMILES string of the molecule is O=C(O)/C=C/c1ccc(NC(=O)NC2CC2)cc1. The highest BCUT2D eigenvalue weighted by Gasteiger charge is 2.22. The first-order chi connectivity index (χ1) is 8.63. The van der Waals surface area contributed by atoms with Crippen LogP contribution in [-0.2, 0) is 4.79 Å². The van der Waals surface area contributed by atoms with Gasteiger partial charge in [0.05, 0.1) is 0 Å². The second-order valence-electron chi connectivity index (χ2n) is 4.17. The van der Waals surface area contributed by atoms with E-state index in [0.717, 1.165) is 24.5 Å². The first-order valence-corrected chi connectivity index (χ1v) is 5.72. The average Bonchev–Trinajstić information content (AvgIpc) is 3.12. The molecule has 0 saturated heterocycles. The average molecular weight is 246 g/mol. The summed E-state index contributed by atoms with van der Waals surface area (Å²) in [4.78, 5) is 21.8. The second kappa shape index (κ2) is 5.35. The smallest absolute Gasteiger partial charge is 0.328 e. The molecule has 18 heavy (non-hydrogen) atoms. The third-order valence-electron chi connectivity index (χ3n) is 2.50. The Balaban J connectivity index is 1.90. The van der Waals surface area contributed by atoms with E-state index in [0.29, 0.717) is 11.7 Å². The van der Waals surface area contributed by atoms with E-state index < -0.39 is 5.97 Å². The number of rotatable bonds is 4. The van der Waals surface area contributed by atoms with E-state index in [1.165, 1.54) is 6.08 Å². The van der Waals surface area contributed by atoms with Crippen molar-refractivity contribution < 1.29 is 14.7 Å². The van der Waals surface area contributed by atoms with E-state index >= 15 is 0 Å². The summed E-state index contributed by atoms with van der Waals surface area (Å²) in [6, 6.07) is 7.06. The fraction of sp³-hybridized carbons (Fsp3) is 0.231. The van der Waals surface area contributed by atoms with Gasteiger partial charge in [-0.25, -0.2) is 9.59 Å². The normalized spacial score (nSPS) is 14.4. The highest BCUT2D eigenvalue weighted by atomic mass is 16.4. The topological polar surface area (TPSA) is 78.4 Å². The molecule has 1 saturated carbocycles. The molecule has 1 aliphatic carbocycles. The van der Waals surface area contributed by atoms with Gasteiger partial charge in [0, 0.05) is 17.8 Å². The molecule has 1 aliphatic rings. The highest BCUT2D eigenvalue weighted by Crippen LogP contribution is 2.19. The number of carbonyl (C=O) groups is 2. The van der Waals surface area contributed by atoms with Crippen LogP contribution in [0.4, 0.5) is 10.5 Å². The van der Waals surface area contributed by atoms with Gasteiger partial charge in [-0.2, -0.15) is 0 Å². The molecule has 1 aromatic rings. The Morgan fingerprint density at radius 2 is 1.89 bits per heavy atom. The maximum atomic E-state index is 11.4. The molecule has 1 fully saturated rings. The Bertz CT molecular complexity index is 476. The van der Waals surface area contributed by atoms with Crippen LogP contribution in [0.15, 0.2) is 30.3 Å². The minimum absolute atomic E-state index is 0.202. The molecule has 0 aromatic heterocycles. The van der Waals surface area contributed by atoms with Crippen molar-refractivity contribution in [3.05, 3.63) is 35.9 Å². The van der Waals surface area contributed by atoms with Crippen LogP contribution < -0.4 is 10.6 Å². The van der Waals surface area contributed by atoms with Crippen LogP contribution in [0.25, 0.3) is 6.08 Å². The summed E-state index contributed by atoms with van der Waals surface area (Å²) < 4.78 is 0. The van der Waals surface area contributed by atoms with Gasteiger partial charge in [0.2, 0.25) is 0 Å². The lowest BCUT2D eigenvalue weighted by molar-refractivity contribution is -0.131. The third kappa shape index (κ3) is 3.93. The van der Waals surface area contributed by atoms with Gasteiger partial charge in [0.1, 0.15) is 0 Å². The number of anilines is 1. The van der Waals surface area contributed by atoms with Gasteiger partial charge in [0.25, 0.3) is 0 Å². The van der Waals surface area contributed by atoms with Gasteiger partial charge in [-0.3, -0.25) is 0 Å². The van der Waals surface area contributed by atoms with Crippen LogP contribution in [0.3, 0.4) is 0 Å². The van der Waals surface area contributed by atoms with E-state index in [4.69, 9.17) is 5.11 Å². The standard InChI is InChI=1S/C13H14N2O3/c16-12(17)8-3-9-1-4-10(5-2-9)14-13(18)15-11-6-7-11/h1-5,8,11H,6-7H2,(H,16,17)(H2,14,15,18)/b8-3+. The van der Waals surface area contributed by atoms with E-state index in [2.05, 4.69) is 10.6 Å². The van der Waals surface area contributed by atoms with E-state index in [1.54, 1.807) is 24.3 Å². The molecule has 5 heteroatoms. The fourth-order valence-electron chi connectivity index (χ4n) is 1.43.